The highest BCUT2D eigenvalue weighted by atomic mass is 32.2. The van der Waals surface area contributed by atoms with Gasteiger partial charge in [0.2, 0.25) is 5.91 Å². The summed E-state index contributed by atoms with van der Waals surface area (Å²) in [6.07, 6.45) is 4.66. The molecule has 0 spiro atoms. The lowest BCUT2D eigenvalue weighted by atomic mass is 9.98. The maximum atomic E-state index is 14.1. The number of urea groups is 1. The second kappa shape index (κ2) is 10.4. The quantitative estimate of drug-likeness (QED) is 0.365. The van der Waals surface area contributed by atoms with Crippen molar-refractivity contribution in [1.29, 1.82) is 0 Å². The maximum Gasteiger partial charge on any atom is 0.324 e. The first-order valence-corrected chi connectivity index (χ1v) is 12.8. The topological polar surface area (TPSA) is 92.8 Å². The minimum Gasteiger partial charge on any atom is -0.490 e. The van der Waals surface area contributed by atoms with Gasteiger partial charge in [-0.05, 0) is 61.6 Å². The Hall–Kier alpha value is -2.16. The molecule has 1 N–H and O–H groups in total. The predicted molar refractivity (Wildman–Crippen MR) is 115 cm³/mol. The molecular formula is C22H31FN2O5S. The van der Waals surface area contributed by atoms with Crippen LogP contribution in [0.15, 0.2) is 18.2 Å². The van der Waals surface area contributed by atoms with E-state index in [0.29, 0.717) is 44.8 Å². The molecule has 0 aromatic heterocycles. The molecule has 0 unspecified atom stereocenters. The number of ether oxygens (including phenoxy) is 1. The van der Waals surface area contributed by atoms with Crippen molar-refractivity contribution in [3.05, 3.63) is 29.6 Å². The van der Waals surface area contributed by atoms with E-state index in [1.807, 2.05) is 6.92 Å². The maximum absolute atomic E-state index is 14.1. The third-order valence-corrected chi connectivity index (χ3v) is 7.62. The Morgan fingerprint density at radius 1 is 1.23 bits per heavy atom. The summed E-state index contributed by atoms with van der Waals surface area (Å²) < 4.78 is 44.9. The van der Waals surface area contributed by atoms with E-state index in [1.165, 1.54) is 11.0 Å². The fraction of sp³-hybridized carbons (Fsp3) is 0.636. The Labute approximate surface area is 183 Å². The Morgan fingerprint density at radius 3 is 2.65 bits per heavy atom. The zero-order valence-corrected chi connectivity index (χ0v) is 18.8. The van der Waals surface area contributed by atoms with Crippen molar-refractivity contribution in [2.24, 2.45) is 5.92 Å². The lowest BCUT2D eigenvalue weighted by Gasteiger charge is -2.17. The number of benzene rings is 1. The van der Waals surface area contributed by atoms with Crippen molar-refractivity contribution >= 4 is 21.8 Å². The van der Waals surface area contributed by atoms with Crippen LogP contribution in [0.25, 0.3) is 0 Å². The van der Waals surface area contributed by atoms with Gasteiger partial charge in [0.05, 0.1) is 18.1 Å². The molecule has 1 aliphatic heterocycles. The number of imide groups is 1. The van der Waals surface area contributed by atoms with Crippen molar-refractivity contribution in [2.45, 2.75) is 51.4 Å². The van der Waals surface area contributed by atoms with E-state index >= 15 is 0 Å². The molecule has 1 saturated heterocycles. The molecule has 1 heterocycles. The number of carbonyl (C=O) groups excluding carboxylic acids is 2. The SMILES string of the molecule is CC[C@@H](CS(=O)(=O)CCCCCN1CC(=O)NC1=O)c1ccc(F)c(OCC2CC2)c1. The number of unbranched alkanes of at least 4 members (excludes halogenated alkanes) is 2. The van der Waals surface area contributed by atoms with Gasteiger partial charge in [-0.15, -0.1) is 0 Å². The number of hydrogen-bond acceptors (Lipinski definition) is 5. The average Bonchev–Trinajstić information content (AvgIpc) is 3.49. The van der Waals surface area contributed by atoms with E-state index in [0.717, 1.165) is 18.4 Å². The zero-order valence-electron chi connectivity index (χ0n) is 17.9. The minimum absolute atomic E-state index is 0.0141. The van der Waals surface area contributed by atoms with Crippen LogP contribution in [0.4, 0.5) is 9.18 Å². The fourth-order valence-corrected chi connectivity index (χ4v) is 5.53. The van der Waals surface area contributed by atoms with Crippen LogP contribution in [0.2, 0.25) is 0 Å². The van der Waals surface area contributed by atoms with Crippen molar-refractivity contribution in [1.82, 2.24) is 10.2 Å². The van der Waals surface area contributed by atoms with Gasteiger partial charge in [0.15, 0.2) is 21.4 Å². The lowest BCUT2D eigenvalue weighted by Crippen LogP contribution is -2.29. The number of nitrogens with one attached hydrogen (secondary N) is 1. The van der Waals surface area contributed by atoms with Crippen molar-refractivity contribution in [3.63, 3.8) is 0 Å². The summed E-state index contributed by atoms with van der Waals surface area (Å²) in [6, 6.07) is 4.25. The molecule has 1 aromatic rings. The average molecular weight is 455 g/mol. The molecule has 7 nitrogen and oxygen atoms in total. The lowest BCUT2D eigenvalue weighted by molar-refractivity contribution is -0.118. The first-order chi connectivity index (χ1) is 14.8. The van der Waals surface area contributed by atoms with Crippen LogP contribution in [0.3, 0.4) is 0 Å². The second-order valence-electron chi connectivity index (χ2n) is 8.50. The standard InChI is InChI=1S/C22H31FN2O5S/c1-2-17(18-8-9-19(23)20(12-18)30-14-16-6-7-16)15-31(28,29)11-5-3-4-10-25-13-21(26)24-22(25)27/h8-9,12,16-17H,2-7,10-11,13-15H2,1H3,(H,24,26,27)/t17-/m0/s1. The minimum atomic E-state index is -3.28. The number of hydrogen-bond donors (Lipinski definition) is 1. The van der Waals surface area contributed by atoms with Crippen molar-refractivity contribution in [2.75, 3.05) is 31.2 Å². The van der Waals surface area contributed by atoms with E-state index in [1.54, 1.807) is 12.1 Å². The van der Waals surface area contributed by atoms with Crippen LogP contribution < -0.4 is 10.1 Å². The van der Waals surface area contributed by atoms with Crippen LogP contribution >= 0.6 is 0 Å². The summed E-state index contributed by atoms with van der Waals surface area (Å²) in [5.41, 5.74) is 0.781. The molecule has 1 saturated carbocycles. The number of rotatable bonds is 13. The highest BCUT2D eigenvalue weighted by Gasteiger charge is 2.26. The van der Waals surface area contributed by atoms with Gasteiger partial charge in [0.25, 0.3) is 0 Å². The molecule has 3 rings (SSSR count). The summed E-state index contributed by atoms with van der Waals surface area (Å²) >= 11 is 0. The molecule has 31 heavy (non-hydrogen) atoms. The monoisotopic (exact) mass is 454 g/mol. The van der Waals surface area contributed by atoms with Crippen molar-refractivity contribution < 1.29 is 27.1 Å². The molecule has 0 bridgehead atoms. The Kier molecular flexibility index (Phi) is 7.91. The van der Waals surface area contributed by atoms with Gasteiger partial charge in [-0.2, -0.15) is 0 Å². The molecule has 3 amide bonds. The van der Waals surface area contributed by atoms with E-state index in [9.17, 15) is 22.4 Å². The molecule has 2 aliphatic rings. The largest absolute Gasteiger partial charge is 0.490 e. The molecule has 0 radical (unpaired) electrons. The van der Waals surface area contributed by atoms with Crippen LogP contribution in [0.1, 0.15) is 56.9 Å². The van der Waals surface area contributed by atoms with Gasteiger partial charge < -0.3 is 9.64 Å². The van der Waals surface area contributed by atoms with E-state index in [2.05, 4.69) is 5.32 Å². The van der Waals surface area contributed by atoms with Gasteiger partial charge in [-0.3, -0.25) is 10.1 Å². The number of carbonyl (C=O) groups is 2. The first kappa shape index (κ1) is 23.5. The summed E-state index contributed by atoms with van der Waals surface area (Å²) in [5, 5.41) is 2.22. The third kappa shape index (κ3) is 7.19. The van der Waals surface area contributed by atoms with Gasteiger partial charge in [0, 0.05) is 6.54 Å². The van der Waals surface area contributed by atoms with Crippen LogP contribution in [0, 0.1) is 11.7 Å². The second-order valence-corrected chi connectivity index (χ2v) is 10.7. The molecule has 2 fully saturated rings. The molecule has 1 aromatic carbocycles. The number of halogens is 1. The summed E-state index contributed by atoms with van der Waals surface area (Å²) in [6.45, 7) is 2.94. The summed E-state index contributed by atoms with van der Waals surface area (Å²) in [7, 11) is -3.28. The smallest absolute Gasteiger partial charge is 0.324 e. The normalized spacial score (nSPS) is 17.7. The van der Waals surface area contributed by atoms with E-state index in [4.69, 9.17) is 4.74 Å². The fourth-order valence-electron chi connectivity index (χ4n) is 3.68. The van der Waals surface area contributed by atoms with E-state index in [-0.39, 0.29) is 41.7 Å². The van der Waals surface area contributed by atoms with Gasteiger partial charge in [0.1, 0.15) is 6.54 Å². The zero-order chi connectivity index (χ0) is 22.4. The summed E-state index contributed by atoms with van der Waals surface area (Å²) in [5.74, 6) is -0.152. The van der Waals surface area contributed by atoms with Crippen molar-refractivity contribution in [3.8, 4) is 5.75 Å². The Bertz CT molecular complexity index is 901. The van der Waals surface area contributed by atoms with Gasteiger partial charge >= 0.3 is 6.03 Å². The predicted octanol–water partition coefficient (Wildman–Crippen LogP) is 3.25. The molecular weight excluding hydrogens is 423 g/mol. The van der Waals surface area contributed by atoms with Gasteiger partial charge in [-0.25, -0.2) is 17.6 Å². The Balaban J connectivity index is 1.46. The highest BCUT2D eigenvalue weighted by molar-refractivity contribution is 7.91. The molecule has 1 atom stereocenters. The highest BCUT2D eigenvalue weighted by Crippen LogP contribution is 2.32. The summed E-state index contributed by atoms with van der Waals surface area (Å²) in [4.78, 5) is 24.1. The molecule has 9 heteroatoms. The van der Waals surface area contributed by atoms with Crippen LogP contribution in [-0.2, 0) is 14.6 Å². The molecule has 172 valence electrons. The van der Waals surface area contributed by atoms with Crippen LogP contribution in [0.5, 0.6) is 5.75 Å². The number of amides is 3. The number of nitrogens with zero attached hydrogens (tertiary/aromatic N) is 1. The Morgan fingerprint density at radius 2 is 2.00 bits per heavy atom. The van der Waals surface area contributed by atoms with E-state index < -0.39 is 15.7 Å². The first-order valence-electron chi connectivity index (χ1n) is 11.0. The number of sulfone groups is 1. The van der Waals surface area contributed by atoms with Crippen LogP contribution in [-0.4, -0.2) is 56.5 Å². The van der Waals surface area contributed by atoms with Gasteiger partial charge in [-0.1, -0.05) is 19.4 Å². The molecule has 1 aliphatic carbocycles. The third-order valence-electron chi connectivity index (χ3n) is 5.80.